The van der Waals surface area contributed by atoms with E-state index >= 15 is 0 Å². The number of carbonyl (C=O) groups is 2. The van der Waals surface area contributed by atoms with E-state index in [1.165, 1.54) is 6.07 Å². The number of carbonyl (C=O) groups excluding carboxylic acids is 2. The lowest BCUT2D eigenvalue weighted by Crippen LogP contribution is -2.44. The molecule has 3 aromatic rings. The minimum atomic E-state index is -1.07. The molecule has 1 unspecified atom stereocenters. The number of hydrogen-bond acceptors (Lipinski definition) is 2. The molecule has 0 aromatic heterocycles. The van der Waals surface area contributed by atoms with E-state index in [-0.39, 0.29) is 0 Å². The summed E-state index contributed by atoms with van der Waals surface area (Å²) in [6.07, 6.45) is 1.62. The third-order valence-electron chi connectivity index (χ3n) is 4.66. The predicted molar refractivity (Wildman–Crippen MR) is 111 cm³/mol. The third kappa shape index (κ3) is 3.91. The van der Waals surface area contributed by atoms with Crippen molar-refractivity contribution in [3.8, 4) is 0 Å². The average Bonchev–Trinajstić information content (AvgIpc) is 2.88. The number of urea groups is 1. The van der Waals surface area contributed by atoms with Crippen molar-refractivity contribution in [2.45, 2.75) is 6.04 Å². The molecule has 3 amide bonds. The largest absolute Gasteiger partial charge is 0.323 e. The number of amides is 3. The van der Waals surface area contributed by atoms with Crippen LogP contribution >= 0.6 is 0 Å². The first-order valence-electron chi connectivity index (χ1n) is 9.22. The van der Waals surface area contributed by atoms with Gasteiger partial charge in [-0.25, -0.2) is 13.6 Å². The second-order valence-corrected chi connectivity index (χ2v) is 6.65. The van der Waals surface area contributed by atoms with Crippen LogP contribution in [0.2, 0.25) is 0 Å². The van der Waals surface area contributed by atoms with E-state index in [9.17, 15) is 18.4 Å². The van der Waals surface area contributed by atoms with Crippen molar-refractivity contribution in [3.05, 3.63) is 102 Å². The van der Waals surface area contributed by atoms with E-state index in [1.54, 1.807) is 18.2 Å². The van der Waals surface area contributed by atoms with Crippen LogP contribution < -0.4 is 16.0 Å². The monoisotopic (exact) mass is 405 g/mol. The molecule has 7 heteroatoms. The molecule has 1 aliphatic heterocycles. The van der Waals surface area contributed by atoms with Gasteiger partial charge in [0.2, 0.25) is 0 Å². The standard InChI is InChI=1S/C23H17F2N3O2/c24-17-10-6-11-18(25)21(17)28-23(30)27-20-13-16(14-7-2-1-3-8-14)15-9-4-5-12-19(15)26-22(20)29/h1-13,20H,(H,26,29)(H2,27,28,30). The Kier molecular flexibility index (Phi) is 5.26. The number of rotatable bonds is 3. The SMILES string of the molecule is O=C(Nc1c(F)cccc1F)NC1C=C(c2ccccc2)c2ccccc2NC1=O. The van der Waals surface area contributed by atoms with Crippen LogP contribution in [0.5, 0.6) is 0 Å². The van der Waals surface area contributed by atoms with E-state index in [2.05, 4.69) is 16.0 Å². The minimum absolute atomic E-state index is 0.475. The first-order chi connectivity index (χ1) is 14.5. The van der Waals surface area contributed by atoms with Crippen LogP contribution in [0.1, 0.15) is 11.1 Å². The molecule has 0 radical (unpaired) electrons. The van der Waals surface area contributed by atoms with Gasteiger partial charge in [0.25, 0.3) is 5.91 Å². The molecular weight excluding hydrogens is 388 g/mol. The van der Waals surface area contributed by atoms with Gasteiger partial charge in [0, 0.05) is 11.3 Å². The van der Waals surface area contributed by atoms with Crippen molar-refractivity contribution in [2.24, 2.45) is 0 Å². The summed E-state index contributed by atoms with van der Waals surface area (Å²) in [5, 5.41) is 7.39. The molecule has 0 bridgehead atoms. The highest BCUT2D eigenvalue weighted by atomic mass is 19.1. The highest BCUT2D eigenvalue weighted by molar-refractivity contribution is 6.06. The Labute approximate surface area is 171 Å². The summed E-state index contributed by atoms with van der Waals surface area (Å²) in [6.45, 7) is 0. The Balaban J connectivity index is 1.66. The van der Waals surface area contributed by atoms with Gasteiger partial charge in [-0.2, -0.15) is 0 Å². The minimum Gasteiger partial charge on any atom is -0.323 e. The second-order valence-electron chi connectivity index (χ2n) is 6.65. The van der Waals surface area contributed by atoms with E-state index in [0.29, 0.717) is 5.69 Å². The van der Waals surface area contributed by atoms with Gasteiger partial charge in [0.05, 0.1) is 0 Å². The number of anilines is 2. The molecule has 1 aliphatic rings. The molecule has 5 nitrogen and oxygen atoms in total. The average molecular weight is 405 g/mol. The van der Waals surface area contributed by atoms with Crippen molar-refractivity contribution in [2.75, 3.05) is 10.6 Å². The van der Waals surface area contributed by atoms with E-state index in [4.69, 9.17) is 0 Å². The van der Waals surface area contributed by atoms with Gasteiger partial charge < -0.3 is 16.0 Å². The molecule has 0 saturated heterocycles. The topological polar surface area (TPSA) is 70.2 Å². The van der Waals surface area contributed by atoms with Gasteiger partial charge in [-0.1, -0.05) is 54.6 Å². The first-order valence-corrected chi connectivity index (χ1v) is 9.22. The second kappa shape index (κ2) is 8.16. The maximum Gasteiger partial charge on any atom is 0.320 e. The van der Waals surface area contributed by atoms with Crippen LogP contribution in [0.4, 0.5) is 25.0 Å². The van der Waals surface area contributed by atoms with Crippen LogP contribution in [0.25, 0.3) is 5.57 Å². The number of para-hydroxylation sites is 2. The van der Waals surface area contributed by atoms with Crippen LogP contribution in [-0.4, -0.2) is 18.0 Å². The summed E-state index contributed by atoms with van der Waals surface area (Å²) in [4.78, 5) is 25.1. The van der Waals surface area contributed by atoms with E-state index in [1.807, 2.05) is 42.5 Å². The highest BCUT2D eigenvalue weighted by Gasteiger charge is 2.26. The van der Waals surface area contributed by atoms with Crippen LogP contribution in [-0.2, 0) is 4.79 Å². The Morgan fingerprint density at radius 3 is 2.27 bits per heavy atom. The molecular formula is C23H17F2N3O2. The summed E-state index contributed by atoms with van der Waals surface area (Å²) >= 11 is 0. The van der Waals surface area contributed by atoms with Gasteiger partial charge in [-0.15, -0.1) is 0 Å². The predicted octanol–water partition coefficient (Wildman–Crippen LogP) is 4.54. The van der Waals surface area contributed by atoms with Crippen molar-refractivity contribution in [3.63, 3.8) is 0 Å². The molecule has 1 heterocycles. The van der Waals surface area contributed by atoms with Crippen molar-refractivity contribution in [1.29, 1.82) is 0 Å². The Morgan fingerprint density at radius 1 is 0.867 bits per heavy atom. The van der Waals surface area contributed by atoms with Crippen molar-refractivity contribution < 1.29 is 18.4 Å². The Morgan fingerprint density at radius 2 is 1.53 bits per heavy atom. The fourth-order valence-corrected chi connectivity index (χ4v) is 3.25. The molecule has 30 heavy (non-hydrogen) atoms. The quantitative estimate of drug-likeness (QED) is 0.599. The smallest absolute Gasteiger partial charge is 0.320 e. The van der Waals surface area contributed by atoms with Gasteiger partial charge >= 0.3 is 6.03 Å². The lowest BCUT2D eigenvalue weighted by molar-refractivity contribution is -0.116. The molecule has 0 saturated carbocycles. The Bertz CT molecular complexity index is 1130. The lowest BCUT2D eigenvalue weighted by atomic mass is 9.96. The van der Waals surface area contributed by atoms with Crippen LogP contribution in [0.15, 0.2) is 78.9 Å². The maximum atomic E-state index is 13.8. The first kappa shape index (κ1) is 19.3. The molecule has 0 aliphatic carbocycles. The fraction of sp³-hybridized carbons (Fsp3) is 0.0435. The number of hydrogen-bond donors (Lipinski definition) is 3. The molecule has 0 spiro atoms. The van der Waals surface area contributed by atoms with E-state index in [0.717, 1.165) is 28.8 Å². The molecule has 4 rings (SSSR count). The highest BCUT2D eigenvalue weighted by Crippen LogP contribution is 2.32. The van der Waals surface area contributed by atoms with Gasteiger partial charge in [0.15, 0.2) is 0 Å². The van der Waals surface area contributed by atoms with E-state index < -0.39 is 35.3 Å². The normalized spacial score (nSPS) is 15.3. The molecule has 3 aromatic carbocycles. The number of fused-ring (bicyclic) bond motifs is 1. The van der Waals surface area contributed by atoms with Crippen LogP contribution in [0, 0.1) is 11.6 Å². The summed E-state index contributed by atoms with van der Waals surface area (Å²) in [6, 6.07) is 18.0. The number of halogens is 2. The molecule has 3 N–H and O–H groups in total. The van der Waals surface area contributed by atoms with Crippen LogP contribution in [0.3, 0.4) is 0 Å². The zero-order chi connectivity index (χ0) is 21.1. The van der Waals surface area contributed by atoms with Gasteiger partial charge in [-0.05, 0) is 35.4 Å². The maximum absolute atomic E-state index is 13.8. The summed E-state index contributed by atoms with van der Waals surface area (Å²) < 4.78 is 27.6. The molecule has 1 atom stereocenters. The lowest BCUT2D eigenvalue weighted by Gasteiger charge is -2.15. The fourth-order valence-electron chi connectivity index (χ4n) is 3.25. The third-order valence-corrected chi connectivity index (χ3v) is 4.66. The zero-order valence-corrected chi connectivity index (χ0v) is 15.7. The zero-order valence-electron chi connectivity index (χ0n) is 15.7. The number of benzene rings is 3. The molecule has 0 fully saturated rings. The summed E-state index contributed by atoms with van der Waals surface area (Å²) in [7, 11) is 0. The van der Waals surface area contributed by atoms with Gasteiger partial charge in [0.1, 0.15) is 23.4 Å². The van der Waals surface area contributed by atoms with Crippen molar-refractivity contribution in [1.82, 2.24) is 5.32 Å². The molecule has 150 valence electrons. The summed E-state index contributed by atoms with van der Waals surface area (Å²) in [5.41, 5.74) is 2.41. The Hall–Kier alpha value is -4.00. The van der Waals surface area contributed by atoms with Crippen molar-refractivity contribution >= 4 is 28.9 Å². The summed E-state index contributed by atoms with van der Waals surface area (Å²) in [5.74, 6) is -2.30. The number of nitrogens with one attached hydrogen (secondary N) is 3. The van der Waals surface area contributed by atoms with Gasteiger partial charge in [-0.3, -0.25) is 4.79 Å².